The lowest BCUT2D eigenvalue weighted by atomic mass is 10.2. The van der Waals surface area contributed by atoms with Crippen LogP contribution in [0.2, 0.25) is 0 Å². The molecule has 0 atom stereocenters. The smallest absolute Gasteiger partial charge is 0.288 e. The average Bonchev–Trinajstić information content (AvgIpc) is 2.47. The number of rotatable bonds is 1. The number of carbonyl (C=O) groups excluding carboxylic acids is 1. The Balaban J connectivity index is 2.54. The molecule has 1 aliphatic heterocycles. The predicted molar refractivity (Wildman–Crippen MR) is 40.7 cm³/mol. The Kier molecular flexibility index (Phi) is 1.48. The second-order valence-corrected chi connectivity index (χ2v) is 2.52. The summed E-state index contributed by atoms with van der Waals surface area (Å²) >= 11 is 0. The molecule has 66 valence electrons. The molecule has 1 aromatic rings. The van der Waals surface area contributed by atoms with Crippen molar-refractivity contribution in [1.29, 1.82) is 0 Å². The molecule has 0 spiro atoms. The van der Waals surface area contributed by atoms with Crippen LogP contribution in [0.5, 0.6) is 5.88 Å². The number of hydrogen-bond donors (Lipinski definition) is 0. The quantitative estimate of drug-likeness (QED) is 0.466. The van der Waals surface area contributed by atoms with Gasteiger partial charge < -0.3 is 4.74 Å². The molecular weight excluding hydrogens is 176 g/mol. The van der Waals surface area contributed by atoms with Gasteiger partial charge in [0.15, 0.2) is 6.61 Å². The van der Waals surface area contributed by atoms with E-state index in [-0.39, 0.29) is 29.5 Å². The van der Waals surface area contributed by atoms with E-state index < -0.39 is 4.92 Å². The number of ether oxygens (including phenoxy) is 1. The van der Waals surface area contributed by atoms with E-state index >= 15 is 0 Å². The molecule has 13 heavy (non-hydrogen) atoms. The van der Waals surface area contributed by atoms with E-state index in [0.717, 1.165) is 6.20 Å². The number of fused-ring (bicyclic) bond motifs is 1. The van der Waals surface area contributed by atoms with E-state index in [4.69, 9.17) is 4.74 Å². The maximum Gasteiger partial charge on any atom is 0.288 e. The van der Waals surface area contributed by atoms with Gasteiger partial charge in [0.05, 0.1) is 10.5 Å². The standard InChI is InChI=1S/C7H4N2O4/c10-6-3-13-7-5(6)1-4(2-8-7)9(11)12/h1-2H,3H2. The summed E-state index contributed by atoms with van der Waals surface area (Å²) in [4.78, 5) is 24.4. The molecule has 1 aliphatic rings. The summed E-state index contributed by atoms with van der Waals surface area (Å²) in [5.41, 5.74) is -0.00759. The van der Waals surface area contributed by atoms with Gasteiger partial charge in [-0.25, -0.2) is 4.98 Å². The molecule has 0 fully saturated rings. The molecule has 6 nitrogen and oxygen atoms in total. The van der Waals surface area contributed by atoms with Gasteiger partial charge in [0, 0.05) is 6.07 Å². The van der Waals surface area contributed by atoms with Crippen molar-refractivity contribution in [2.45, 2.75) is 0 Å². The topological polar surface area (TPSA) is 82.3 Å². The fraction of sp³-hybridized carbons (Fsp3) is 0.143. The van der Waals surface area contributed by atoms with E-state index in [2.05, 4.69) is 4.98 Å². The largest absolute Gasteiger partial charge is 0.469 e. The number of hydrogen-bond acceptors (Lipinski definition) is 5. The highest BCUT2D eigenvalue weighted by atomic mass is 16.6. The van der Waals surface area contributed by atoms with Gasteiger partial charge >= 0.3 is 0 Å². The Morgan fingerprint density at radius 1 is 1.62 bits per heavy atom. The highest BCUT2D eigenvalue weighted by Gasteiger charge is 2.25. The number of aromatic nitrogens is 1. The second-order valence-electron chi connectivity index (χ2n) is 2.52. The highest BCUT2D eigenvalue weighted by molar-refractivity contribution is 6.01. The van der Waals surface area contributed by atoms with E-state index in [1.165, 1.54) is 6.07 Å². The summed E-state index contributed by atoms with van der Waals surface area (Å²) < 4.78 is 4.86. The van der Waals surface area contributed by atoms with Crippen LogP contribution < -0.4 is 4.74 Å². The van der Waals surface area contributed by atoms with Crippen molar-refractivity contribution in [2.75, 3.05) is 6.61 Å². The maximum atomic E-state index is 11.1. The third-order valence-electron chi connectivity index (χ3n) is 1.69. The fourth-order valence-electron chi connectivity index (χ4n) is 1.07. The summed E-state index contributed by atoms with van der Waals surface area (Å²) in [6.07, 6.45) is 1.07. The normalized spacial score (nSPS) is 13.7. The highest BCUT2D eigenvalue weighted by Crippen LogP contribution is 2.25. The number of nitro groups is 1. The van der Waals surface area contributed by atoms with Gasteiger partial charge in [0.25, 0.3) is 5.69 Å². The molecule has 0 radical (unpaired) electrons. The van der Waals surface area contributed by atoms with Crippen LogP contribution in [0.3, 0.4) is 0 Å². The minimum Gasteiger partial charge on any atom is -0.469 e. The monoisotopic (exact) mass is 180 g/mol. The van der Waals surface area contributed by atoms with Crippen LogP contribution in [-0.2, 0) is 0 Å². The van der Waals surface area contributed by atoms with Crippen LogP contribution in [0.4, 0.5) is 5.69 Å². The summed E-state index contributed by atoms with van der Waals surface area (Å²) in [5, 5.41) is 10.3. The van der Waals surface area contributed by atoms with E-state index in [0.29, 0.717) is 0 Å². The first-order valence-electron chi connectivity index (χ1n) is 3.49. The van der Waals surface area contributed by atoms with Crippen molar-refractivity contribution in [3.05, 3.63) is 27.9 Å². The van der Waals surface area contributed by atoms with Crippen molar-refractivity contribution >= 4 is 11.5 Å². The minimum atomic E-state index is -0.598. The second kappa shape index (κ2) is 2.51. The summed E-state index contributed by atoms with van der Waals surface area (Å²) in [5.74, 6) is -0.0956. The molecule has 0 unspecified atom stereocenters. The lowest BCUT2D eigenvalue weighted by molar-refractivity contribution is -0.385. The van der Waals surface area contributed by atoms with Crippen molar-refractivity contribution in [3.63, 3.8) is 0 Å². The molecule has 2 heterocycles. The Hall–Kier alpha value is -1.98. The fourth-order valence-corrected chi connectivity index (χ4v) is 1.07. The van der Waals surface area contributed by atoms with Gasteiger partial charge in [-0.05, 0) is 0 Å². The van der Waals surface area contributed by atoms with E-state index in [1.54, 1.807) is 0 Å². The van der Waals surface area contributed by atoms with Gasteiger partial charge in [0.2, 0.25) is 11.7 Å². The van der Waals surface area contributed by atoms with Crippen LogP contribution in [0.25, 0.3) is 0 Å². The summed E-state index contributed by atoms with van der Waals surface area (Å²) in [6, 6.07) is 1.18. The first-order valence-corrected chi connectivity index (χ1v) is 3.49. The Bertz CT molecular complexity index is 401. The molecule has 0 saturated carbocycles. The van der Waals surface area contributed by atoms with Crippen molar-refractivity contribution in [1.82, 2.24) is 4.98 Å². The van der Waals surface area contributed by atoms with Crippen LogP contribution >= 0.6 is 0 Å². The molecule has 0 amide bonds. The number of Topliss-reactive ketones (excluding diaryl/α,β-unsaturated/α-hetero) is 1. The zero-order valence-electron chi connectivity index (χ0n) is 6.39. The zero-order chi connectivity index (χ0) is 9.42. The number of carbonyl (C=O) groups is 1. The van der Waals surface area contributed by atoms with Crippen molar-refractivity contribution in [2.24, 2.45) is 0 Å². The van der Waals surface area contributed by atoms with Crippen LogP contribution in [0.15, 0.2) is 12.3 Å². The number of nitrogens with zero attached hydrogens (tertiary/aromatic N) is 2. The van der Waals surface area contributed by atoms with E-state index in [1.807, 2.05) is 0 Å². The molecule has 1 aromatic heterocycles. The Morgan fingerprint density at radius 2 is 2.38 bits per heavy atom. The average molecular weight is 180 g/mol. The maximum absolute atomic E-state index is 11.1. The van der Waals surface area contributed by atoms with Gasteiger partial charge in [-0.3, -0.25) is 14.9 Å². The van der Waals surface area contributed by atoms with Crippen LogP contribution in [0.1, 0.15) is 10.4 Å². The molecule has 0 N–H and O–H groups in total. The Morgan fingerprint density at radius 3 is 3.08 bits per heavy atom. The van der Waals surface area contributed by atoms with Gasteiger partial charge in [-0.2, -0.15) is 0 Å². The number of ketones is 1. The molecule has 2 rings (SSSR count). The lowest BCUT2D eigenvalue weighted by Crippen LogP contribution is -1.99. The molecule has 0 aliphatic carbocycles. The molecular formula is C7H4N2O4. The zero-order valence-corrected chi connectivity index (χ0v) is 6.39. The van der Waals surface area contributed by atoms with Crippen LogP contribution in [0, 0.1) is 10.1 Å². The third-order valence-corrected chi connectivity index (χ3v) is 1.69. The minimum absolute atomic E-state index is 0.0799. The molecule has 0 bridgehead atoms. The first-order chi connectivity index (χ1) is 6.18. The van der Waals surface area contributed by atoms with Gasteiger partial charge in [-0.15, -0.1) is 0 Å². The summed E-state index contributed by atoms with van der Waals surface area (Å²) in [7, 11) is 0. The summed E-state index contributed by atoms with van der Waals surface area (Å²) in [6.45, 7) is -0.0799. The van der Waals surface area contributed by atoms with Crippen molar-refractivity contribution in [3.8, 4) is 5.88 Å². The Labute approximate surface area is 72.3 Å². The number of pyridine rings is 1. The predicted octanol–water partition coefficient (Wildman–Crippen LogP) is 0.565. The SMILES string of the molecule is O=C1COc2ncc([N+](=O)[O-])cc21. The van der Waals surface area contributed by atoms with Gasteiger partial charge in [-0.1, -0.05) is 0 Å². The molecule has 0 aromatic carbocycles. The molecule has 6 heteroatoms. The van der Waals surface area contributed by atoms with Crippen molar-refractivity contribution < 1.29 is 14.5 Å². The van der Waals surface area contributed by atoms with Crippen LogP contribution in [-0.4, -0.2) is 22.3 Å². The lowest BCUT2D eigenvalue weighted by Gasteiger charge is -1.94. The first kappa shape index (κ1) is 7.66. The molecule has 0 saturated heterocycles. The van der Waals surface area contributed by atoms with Gasteiger partial charge in [0.1, 0.15) is 6.20 Å². The third kappa shape index (κ3) is 1.12. The van der Waals surface area contributed by atoms with E-state index in [9.17, 15) is 14.9 Å².